The number of ether oxygens (including phenoxy) is 1. The van der Waals surface area contributed by atoms with Crippen molar-refractivity contribution in [3.63, 3.8) is 0 Å². The SMILES string of the molecule is CC1CCN(C(=O)COc2ccc(S(=O)(=O)N3CCc4ccccc43)cc2Cl)CC1. The Labute approximate surface area is 182 Å². The van der Waals surface area contributed by atoms with Crippen LogP contribution in [0.2, 0.25) is 5.02 Å². The van der Waals surface area contributed by atoms with E-state index in [2.05, 4.69) is 6.92 Å². The zero-order valence-corrected chi connectivity index (χ0v) is 18.5. The van der Waals surface area contributed by atoms with Gasteiger partial charge in [0.15, 0.2) is 6.61 Å². The molecule has 0 N–H and O–H groups in total. The number of carbonyl (C=O) groups is 1. The number of hydrogen-bond acceptors (Lipinski definition) is 4. The van der Waals surface area contributed by atoms with E-state index in [4.69, 9.17) is 16.3 Å². The highest BCUT2D eigenvalue weighted by atomic mass is 35.5. The highest BCUT2D eigenvalue weighted by Gasteiger charge is 2.31. The number of sulfonamides is 1. The van der Waals surface area contributed by atoms with Crippen LogP contribution in [0, 0.1) is 5.92 Å². The van der Waals surface area contributed by atoms with Crippen molar-refractivity contribution in [2.45, 2.75) is 31.1 Å². The lowest BCUT2D eigenvalue weighted by Gasteiger charge is -2.30. The molecule has 0 saturated carbocycles. The maximum absolute atomic E-state index is 13.1. The molecule has 4 rings (SSSR count). The average Bonchev–Trinajstić information content (AvgIpc) is 3.18. The summed E-state index contributed by atoms with van der Waals surface area (Å²) < 4.78 is 33.3. The third-order valence-corrected chi connectivity index (χ3v) is 7.93. The van der Waals surface area contributed by atoms with E-state index in [0.717, 1.165) is 31.5 Å². The summed E-state index contributed by atoms with van der Waals surface area (Å²) >= 11 is 6.30. The molecule has 6 nitrogen and oxygen atoms in total. The van der Waals surface area contributed by atoms with Crippen LogP contribution in [0.4, 0.5) is 5.69 Å². The van der Waals surface area contributed by atoms with Gasteiger partial charge in [0, 0.05) is 19.6 Å². The van der Waals surface area contributed by atoms with Gasteiger partial charge >= 0.3 is 0 Å². The summed E-state index contributed by atoms with van der Waals surface area (Å²) in [5, 5.41) is 0.170. The number of benzene rings is 2. The van der Waals surface area contributed by atoms with Crippen LogP contribution < -0.4 is 9.04 Å². The van der Waals surface area contributed by atoms with Crippen molar-refractivity contribution in [2.24, 2.45) is 5.92 Å². The van der Waals surface area contributed by atoms with Crippen LogP contribution in [-0.4, -0.2) is 45.5 Å². The number of likely N-dealkylation sites (tertiary alicyclic amines) is 1. The first-order chi connectivity index (χ1) is 14.4. The molecule has 2 aromatic carbocycles. The Bertz CT molecular complexity index is 1050. The van der Waals surface area contributed by atoms with Crippen molar-refractivity contribution in [1.82, 2.24) is 4.90 Å². The van der Waals surface area contributed by atoms with Crippen molar-refractivity contribution in [1.29, 1.82) is 0 Å². The molecule has 1 fully saturated rings. The zero-order chi connectivity index (χ0) is 21.3. The third kappa shape index (κ3) is 4.14. The van der Waals surface area contributed by atoms with E-state index in [1.807, 2.05) is 24.3 Å². The summed E-state index contributed by atoms with van der Waals surface area (Å²) in [4.78, 5) is 14.3. The molecule has 1 amide bonds. The van der Waals surface area contributed by atoms with Crippen molar-refractivity contribution in [3.05, 3.63) is 53.1 Å². The minimum atomic E-state index is -3.73. The summed E-state index contributed by atoms with van der Waals surface area (Å²) in [5.41, 5.74) is 1.72. The lowest BCUT2D eigenvalue weighted by molar-refractivity contribution is -0.134. The minimum absolute atomic E-state index is 0.0802. The molecule has 2 aromatic rings. The van der Waals surface area contributed by atoms with E-state index in [1.165, 1.54) is 22.5 Å². The predicted molar refractivity (Wildman–Crippen MR) is 117 cm³/mol. The molecule has 2 heterocycles. The molecule has 0 bridgehead atoms. The number of carbonyl (C=O) groups excluding carboxylic acids is 1. The Balaban J connectivity index is 1.45. The normalized spacial score (nSPS) is 17.1. The number of amides is 1. The molecule has 0 aliphatic carbocycles. The van der Waals surface area contributed by atoms with Gasteiger partial charge in [0.25, 0.3) is 15.9 Å². The van der Waals surface area contributed by atoms with Gasteiger partial charge in [-0.2, -0.15) is 0 Å². The number of piperidine rings is 1. The van der Waals surface area contributed by atoms with E-state index in [9.17, 15) is 13.2 Å². The smallest absolute Gasteiger partial charge is 0.264 e. The number of halogens is 1. The molecule has 2 aliphatic heterocycles. The standard InChI is InChI=1S/C22H25ClN2O4S/c1-16-8-11-24(12-9-16)22(26)15-29-21-7-6-18(14-19(21)23)30(27,28)25-13-10-17-4-2-3-5-20(17)25/h2-7,14,16H,8-13,15H2,1H3. The first-order valence-corrected chi connectivity index (χ1v) is 12.0. The van der Waals surface area contributed by atoms with Crippen LogP contribution in [-0.2, 0) is 21.2 Å². The summed E-state index contributed by atoms with van der Waals surface area (Å²) in [6.07, 6.45) is 2.68. The second-order valence-corrected chi connectivity index (χ2v) is 10.2. The van der Waals surface area contributed by atoms with E-state index in [1.54, 1.807) is 4.90 Å². The summed E-state index contributed by atoms with van der Waals surface area (Å²) in [7, 11) is -3.73. The number of fused-ring (bicyclic) bond motifs is 1. The van der Waals surface area contributed by atoms with Gasteiger partial charge in [0.05, 0.1) is 15.6 Å². The monoisotopic (exact) mass is 448 g/mol. The molecule has 0 atom stereocenters. The van der Waals surface area contributed by atoms with E-state index in [-0.39, 0.29) is 22.4 Å². The van der Waals surface area contributed by atoms with Crippen LogP contribution in [0.5, 0.6) is 5.75 Å². The van der Waals surface area contributed by atoms with Crippen LogP contribution >= 0.6 is 11.6 Å². The van der Waals surface area contributed by atoms with Gasteiger partial charge in [0.2, 0.25) is 0 Å². The zero-order valence-electron chi connectivity index (χ0n) is 16.9. The first kappa shape index (κ1) is 21.0. The second kappa shape index (κ2) is 8.47. The van der Waals surface area contributed by atoms with Crippen LogP contribution in [0.25, 0.3) is 0 Å². The van der Waals surface area contributed by atoms with Gasteiger partial charge in [-0.15, -0.1) is 0 Å². The topological polar surface area (TPSA) is 66.9 Å². The Kier molecular flexibility index (Phi) is 5.93. The van der Waals surface area contributed by atoms with Crippen molar-refractivity contribution in [2.75, 3.05) is 30.5 Å². The highest BCUT2D eigenvalue weighted by Crippen LogP contribution is 2.35. The predicted octanol–water partition coefficient (Wildman–Crippen LogP) is 3.73. The lowest BCUT2D eigenvalue weighted by atomic mass is 9.99. The number of anilines is 1. The molecule has 8 heteroatoms. The van der Waals surface area contributed by atoms with Crippen molar-refractivity contribution >= 4 is 33.2 Å². The number of para-hydroxylation sites is 1. The average molecular weight is 449 g/mol. The molecule has 0 unspecified atom stereocenters. The Morgan fingerprint density at radius 3 is 2.60 bits per heavy atom. The Morgan fingerprint density at radius 2 is 1.87 bits per heavy atom. The van der Waals surface area contributed by atoms with Crippen LogP contribution in [0.1, 0.15) is 25.3 Å². The largest absolute Gasteiger partial charge is 0.482 e. The van der Waals surface area contributed by atoms with Gasteiger partial charge in [-0.3, -0.25) is 9.10 Å². The maximum atomic E-state index is 13.1. The molecule has 160 valence electrons. The maximum Gasteiger partial charge on any atom is 0.264 e. The van der Waals surface area contributed by atoms with E-state index < -0.39 is 10.0 Å². The molecule has 30 heavy (non-hydrogen) atoms. The Morgan fingerprint density at radius 1 is 1.13 bits per heavy atom. The van der Waals surface area contributed by atoms with Crippen LogP contribution in [0.3, 0.4) is 0 Å². The second-order valence-electron chi connectivity index (χ2n) is 7.90. The molecule has 0 radical (unpaired) electrons. The fourth-order valence-electron chi connectivity index (χ4n) is 3.93. The van der Waals surface area contributed by atoms with E-state index >= 15 is 0 Å². The summed E-state index contributed by atoms with van der Waals surface area (Å²) in [5.74, 6) is 0.862. The quantitative estimate of drug-likeness (QED) is 0.699. The first-order valence-electron chi connectivity index (χ1n) is 10.2. The molecule has 2 aliphatic rings. The molecular formula is C22H25ClN2O4S. The number of rotatable bonds is 5. The van der Waals surface area contributed by atoms with Gasteiger partial charge in [0.1, 0.15) is 5.75 Å². The van der Waals surface area contributed by atoms with Gasteiger partial charge in [-0.05, 0) is 55.0 Å². The van der Waals surface area contributed by atoms with Crippen molar-refractivity contribution < 1.29 is 17.9 Å². The Hall–Kier alpha value is -2.25. The van der Waals surface area contributed by atoms with Gasteiger partial charge < -0.3 is 9.64 Å². The lowest BCUT2D eigenvalue weighted by Crippen LogP contribution is -2.40. The van der Waals surface area contributed by atoms with Gasteiger partial charge in [-0.25, -0.2) is 8.42 Å². The van der Waals surface area contributed by atoms with Gasteiger partial charge in [-0.1, -0.05) is 36.7 Å². The number of hydrogen-bond donors (Lipinski definition) is 0. The molecule has 0 aromatic heterocycles. The third-order valence-electron chi connectivity index (χ3n) is 5.82. The van der Waals surface area contributed by atoms with E-state index in [0.29, 0.717) is 30.3 Å². The van der Waals surface area contributed by atoms with Crippen LogP contribution in [0.15, 0.2) is 47.4 Å². The fourth-order valence-corrected chi connectivity index (χ4v) is 5.76. The molecule has 1 saturated heterocycles. The summed E-state index contributed by atoms with van der Waals surface area (Å²) in [6.45, 7) is 3.96. The minimum Gasteiger partial charge on any atom is -0.482 e. The molecular weight excluding hydrogens is 424 g/mol. The number of nitrogens with zero attached hydrogens (tertiary/aromatic N) is 2. The fraction of sp³-hybridized carbons (Fsp3) is 0.409. The summed E-state index contributed by atoms with van der Waals surface area (Å²) in [6, 6.07) is 11.9. The highest BCUT2D eigenvalue weighted by molar-refractivity contribution is 7.92. The van der Waals surface area contributed by atoms with Crippen molar-refractivity contribution in [3.8, 4) is 5.75 Å². The molecule has 0 spiro atoms.